The maximum Gasteiger partial charge on any atom is 4.00 e. The summed E-state index contributed by atoms with van der Waals surface area (Å²) >= 11 is 0. The average Bonchev–Trinajstić information content (AvgIpc) is 3.04. The summed E-state index contributed by atoms with van der Waals surface area (Å²) < 4.78 is 0. The van der Waals surface area contributed by atoms with E-state index in [9.17, 15) is 20.4 Å². The average molecular weight is 1080 g/mol. The summed E-state index contributed by atoms with van der Waals surface area (Å²) in [7, 11) is 0. The molecule has 0 heterocycles. The molecule has 0 aliphatic heterocycles. The molecule has 4 aromatic carbocycles. The first-order chi connectivity index (χ1) is 27.5. The maximum atomic E-state index is 13.5. The summed E-state index contributed by atoms with van der Waals surface area (Å²) in [5, 5.41) is 53.9. The van der Waals surface area contributed by atoms with E-state index in [1.165, 1.54) is 0 Å². The Labute approximate surface area is 409 Å². The van der Waals surface area contributed by atoms with Crippen LogP contribution in [0.1, 0.15) is 233 Å². The fraction of sp³-hybridized carbons (Fsp3) is 0.586. The molecule has 4 aromatic rings. The summed E-state index contributed by atoms with van der Waals surface area (Å²) in [6, 6.07) is 16.4. The van der Waals surface area contributed by atoms with Crippen LogP contribution in [0, 0.1) is 31.1 Å². The molecule has 0 aromatic heterocycles. The number of hydrogen-bond acceptors (Lipinski definition) is 4. The Kier molecular flexibility index (Phi) is 16.8. The molecule has 0 saturated carbocycles. The van der Waals surface area contributed by atoms with Crippen molar-refractivity contribution in [3.8, 4) is 23.0 Å². The Morgan fingerprint density at radius 1 is 0.254 bits per heavy atom. The van der Waals surface area contributed by atoms with Gasteiger partial charge in [-0.3, -0.25) is 0 Å². The van der Waals surface area contributed by atoms with Crippen LogP contribution in [0.25, 0.3) is 0 Å². The largest absolute Gasteiger partial charge is 4.00 e. The van der Waals surface area contributed by atoms with E-state index in [0.717, 1.165) is 66.8 Å². The van der Waals surface area contributed by atoms with E-state index in [1.807, 2.05) is 24.3 Å². The van der Waals surface area contributed by atoms with Gasteiger partial charge in [-0.25, -0.2) is 0 Å². The maximum absolute atomic E-state index is 13.5. The number of hydrogen-bond donors (Lipinski definition) is 0. The summed E-state index contributed by atoms with van der Waals surface area (Å²) in [6.45, 7) is 51.0. The van der Waals surface area contributed by atoms with Crippen LogP contribution >= 0.6 is 0 Å². The van der Waals surface area contributed by atoms with Crippen LogP contribution in [-0.2, 0) is 56.2 Å². The first kappa shape index (κ1) is 56.3. The number of rotatable bonds is 4. The van der Waals surface area contributed by atoms with Crippen LogP contribution in [-0.4, -0.2) is 0 Å². The Balaban J connectivity index is 0.000000427. The molecule has 0 spiro atoms. The van der Waals surface area contributed by atoms with Crippen molar-refractivity contribution >= 4 is 0 Å². The zero-order valence-corrected chi connectivity index (χ0v) is 48.3. The summed E-state index contributed by atoms with van der Waals surface area (Å²) in [4.78, 5) is 0. The zero-order chi connectivity index (χ0) is 48.3. The molecule has 0 aliphatic carbocycles. The Morgan fingerprint density at radius 3 is 0.508 bits per heavy atom. The minimum Gasteiger partial charge on any atom is -0.872 e. The van der Waals surface area contributed by atoms with Gasteiger partial charge in [-0.05, 0) is 101 Å². The van der Waals surface area contributed by atoms with Crippen LogP contribution < -0.4 is 20.4 Å². The molecule has 4 nitrogen and oxygen atoms in total. The minimum atomic E-state index is -0.253. The van der Waals surface area contributed by atoms with Crippen molar-refractivity contribution in [1.82, 2.24) is 0 Å². The predicted octanol–water partition coefficient (Wildman–Crippen LogP) is 13.2. The Bertz CT molecular complexity index is 1910. The van der Waals surface area contributed by atoms with Gasteiger partial charge in [0.1, 0.15) is 0 Å². The van der Waals surface area contributed by atoms with Crippen molar-refractivity contribution in [2.75, 3.05) is 0 Å². The van der Waals surface area contributed by atoms with Gasteiger partial charge in [0.15, 0.2) is 0 Å². The minimum absolute atomic E-state index is 0. The molecule has 0 amide bonds. The van der Waals surface area contributed by atoms with Crippen LogP contribution in [0.3, 0.4) is 0 Å². The molecule has 0 N–H and O–H groups in total. The Morgan fingerprint density at radius 2 is 0.397 bits per heavy atom. The fourth-order valence-electron chi connectivity index (χ4n) is 7.65. The predicted molar refractivity (Wildman–Crippen MR) is 259 cm³/mol. The molecule has 5 heteroatoms. The molecule has 0 aliphatic rings. The molecule has 0 unspecified atom stereocenters. The van der Waals surface area contributed by atoms with E-state index in [1.54, 1.807) is 0 Å². The number of benzene rings is 4. The summed E-state index contributed by atoms with van der Waals surface area (Å²) in [5.74, 6) is 0.272. The molecular weight excluding hydrogens is 999 g/mol. The molecule has 344 valence electrons. The van der Waals surface area contributed by atoms with Gasteiger partial charge in [0.2, 0.25) is 0 Å². The van der Waals surface area contributed by atoms with E-state index in [4.69, 9.17) is 0 Å². The second-order valence-electron chi connectivity index (χ2n) is 26.4. The second kappa shape index (κ2) is 18.8. The van der Waals surface area contributed by atoms with Crippen molar-refractivity contribution in [2.45, 2.75) is 222 Å². The van der Waals surface area contributed by atoms with Crippen LogP contribution in [0.4, 0.5) is 0 Å². The standard InChI is InChI=1S/2C29H44O2.U/c2*1-26(2,3)20-14-18(24(30)22(16-20)28(7,8)9)13-19-15-21(27(4,5)6)17-23(25(19)31)29(10,11)12;/h2*14-17,30-31H,13H2,1-12H3;/q;;+4/p-4. The van der Waals surface area contributed by atoms with Crippen molar-refractivity contribution < 1.29 is 51.5 Å². The van der Waals surface area contributed by atoms with Crippen molar-refractivity contribution in [3.05, 3.63) is 115 Å². The normalized spacial score (nSPS) is 13.3. The topological polar surface area (TPSA) is 92.2 Å². The third-order valence-corrected chi connectivity index (χ3v) is 12.1. The van der Waals surface area contributed by atoms with Gasteiger partial charge in [0.25, 0.3) is 0 Å². The zero-order valence-electron chi connectivity index (χ0n) is 44.2. The fourth-order valence-corrected chi connectivity index (χ4v) is 7.65. The van der Waals surface area contributed by atoms with Gasteiger partial charge in [-0.15, -0.1) is 23.0 Å². The van der Waals surface area contributed by atoms with Gasteiger partial charge < -0.3 is 20.4 Å². The van der Waals surface area contributed by atoms with E-state index in [-0.39, 0.29) is 97.4 Å². The third-order valence-electron chi connectivity index (χ3n) is 12.1. The molecule has 0 saturated heterocycles. The molecule has 0 atom stereocenters. The second-order valence-corrected chi connectivity index (χ2v) is 26.4. The van der Waals surface area contributed by atoms with Crippen molar-refractivity contribution in [1.29, 1.82) is 0 Å². The first-order valence-electron chi connectivity index (χ1n) is 22.8. The molecule has 0 radical (unpaired) electrons. The van der Waals surface area contributed by atoms with Gasteiger partial charge in [0.05, 0.1) is 0 Å². The Hall–Kier alpha value is -2.87. The SMILES string of the molecule is CC(C)(C)c1cc(Cc2cc(C(C)(C)C)cc(C(C)(C)C)c2[O-])c([O-])c(C(C)(C)C)c1.CC(C)(C)c1cc(Cc2cc(C(C)(C)C)cc(C(C)(C)C)c2[O-])c([O-])c(C(C)(C)C)c1.[U+4]. The van der Waals surface area contributed by atoms with Crippen LogP contribution in [0.15, 0.2) is 48.5 Å². The summed E-state index contributed by atoms with van der Waals surface area (Å²) in [6.07, 6.45) is 0.745. The molecule has 4 rings (SSSR count). The molecule has 63 heavy (non-hydrogen) atoms. The summed E-state index contributed by atoms with van der Waals surface area (Å²) in [5.41, 5.74) is 9.43. The van der Waals surface area contributed by atoms with E-state index < -0.39 is 0 Å². The van der Waals surface area contributed by atoms with E-state index in [2.05, 4.69) is 190 Å². The quantitative estimate of drug-likeness (QED) is 0.204. The van der Waals surface area contributed by atoms with Crippen LogP contribution in [0.2, 0.25) is 0 Å². The molecule has 0 fully saturated rings. The van der Waals surface area contributed by atoms with Gasteiger partial charge >= 0.3 is 31.1 Å². The van der Waals surface area contributed by atoms with Gasteiger partial charge in [-0.2, -0.15) is 0 Å². The molecule has 0 bridgehead atoms. The monoisotopic (exact) mass is 1080 g/mol. The van der Waals surface area contributed by atoms with Crippen molar-refractivity contribution in [2.24, 2.45) is 0 Å². The third kappa shape index (κ3) is 14.1. The molecular formula is C58H84O4U. The van der Waals surface area contributed by atoms with Gasteiger partial charge in [-0.1, -0.05) is 237 Å². The van der Waals surface area contributed by atoms with Crippen LogP contribution in [0.5, 0.6) is 23.0 Å². The van der Waals surface area contributed by atoms with Gasteiger partial charge in [0, 0.05) is 0 Å². The van der Waals surface area contributed by atoms with E-state index in [0.29, 0.717) is 12.8 Å². The smallest absolute Gasteiger partial charge is 0.872 e. The first-order valence-corrected chi connectivity index (χ1v) is 22.8. The van der Waals surface area contributed by atoms with E-state index >= 15 is 0 Å². The van der Waals surface area contributed by atoms with Crippen molar-refractivity contribution in [3.63, 3.8) is 0 Å².